The SMILES string of the molecule is CCCCCc1ccc2cccc(CCCCC)c2n1. The van der Waals surface area contributed by atoms with Crippen LogP contribution in [0.4, 0.5) is 0 Å². The van der Waals surface area contributed by atoms with Crippen molar-refractivity contribution in [3.8, 4) is 0 Å². The first kappa shape index (κ1) is 15.0. The number of aromatic nitrogens is 1. The smallest absolute Gasteiger partial charge is 0.0737 e. The number of hydrogen-bond donors (Lipinski definition) is 0. The zero-order valence-electron chi connectivity index (χ0n) is 13.0. The first-order valence-corrected chi connectivity index (χ1v) is 8.22. The minimum atomic E-state index is 1.12. The lowest BCUT2D eigenvalue weighted by Gasteiger charge is -2.08. The maximum Gasteiger partial charge on any atom is 0.0737 e. The Hall–Kier alpha value is -1.37. The Morgan fingerprint density at radius 3 is 2.30 bits per heavy atom. The molecule has 0 aliphatic heterocycles. The van der Waals surface area contributed by atoms with Crippen LogP contribution in [0.5, 0.6) is 0 Å². The van der Waals surface area contributed by atoms with Crippen molar-refractivity contribution in [2.45, 2.75) is 65.2 Å². The van der Waals surface area contributed by atoms with Gasteiger partial charge in [-0.1, -0.05) is 63.8 Å². The summed E-state index contributed by atoms with van der Waals surface area (Å²) in [6.07, 6.45) is 9.98. The standard InChI is InChI=1S/C19H27N/c1-3-5-7-10-16-11-9-12-17-14-15-18(20-19(16)17)13-8-6-4-2/h9,11-12,14-15H,3-8,10,13H2,1-2H3. The largest absolute Gasteiger partial charge is 0.253 e. The van der Waals surface area contributed by atoms with Crippen LogP contribution in [0.3, 0.4) is 0 Å². The van der Waals surface area contributed by atoms with E-state index in [1.165, 1.54) is 60.7 Å². The van der Waals surface area contributed by atoms with Gasteiger partial charge in [-0.2, -0.15) is 0 Å². The van der Waals surface area contributed by atoms with Crippen LogP contribution in [0, 0.1) is 0 Å². The van der Waals surface area contributed by atoms with Gasteiger partial charge in [-0.15, -0.1) is 0 Å². The predicted octanol–water partition coefficient (Wildman–Crippen LogP) is 5.70. The molecule has 20 heavy (non-hydrogen) atoms. The molecule has 0 unspecified atom stereocenters. The fourth-order valence-corrected chi connectivity index (χ4v) is 2.71. The van der Waals surface area contributed by atoms with Crippen molar-refractivity contribution in [3.05, 3.63) is 41.6 Å². The molecule has 0 aliphatic rings. The molecule has 1 aromatic carbocycles. The lowest BCUT2D eigenvalue weighted by atomic mass is 10.0. The van der Waals surface area contributed by atoms with Crippen LogP contribution >= 0.6 is 0 Å². The lowest BCUT2D eigenvalue weighted by Crippen LogP contribution is -1.95. The summed E-state index contributed by atoms with van der Waals surface area (Å²) in [6.45, 7) is 4.51. The van der Waals surface area contributed by atoms with Gasteiger partial charge in [0, 0.05) is 11.1 Å². The quantitative estimate of drug-likeness (QED) is 0.560. The second kappa shape index (κ2) is 8.04. The number of benzene rings is 1. The molecular formula is C19H27N. The van der Waals surface area contributed by atoms with E-state index in [2.05, 4.69) is 44.2 Å². The van der Waals surface area contributed by atoms with E-state index in [4.69, 9.17) is 4.98 Å². The molecule has 108 valence electrons. The van der Waals surface area contributed by atoms with Crippen LogP contribution in [-0.4, -0.2) is 4.98 Å². The number of para-hydroxylation sites is 1. The second-order valence-corrected chi connectivity index (χ2v) is 5.71. The molecule has 2 rings (SSSR count). The highest BCUT2D eigenvalue weighted by atomic mass is 14.7. The summed E-state index contributed by atoms with van der Waals surface area (Å²) >= 11 is 0. The van der Waals surface area contributed by atoms with Crippen LogP contribution in [0.1, 0.15) is 63.6 Å². The van der Waals surface area contributed by atoms with Crippen molar-refractivity contribution in [1.29, 1.82) is 0 Å². The fourth-order valence-electron chi connectivity index (χ4n) is 2.71. The molecule has 0 bridgehead atoms. The average Bonchev–Trinajstić information content (AvgIpc) is 2.48. The van der Waals surface area contributed by atoms with Crippen molar-refractivity contribution in [2.24, 2.45) is 0 Å². The highest BCUT2D eigenvalue weighted by Gasteiger charge is 2.04. The van der Waals surface area contributed by atoms with Crippen LogP contribution in [0.25, 0.3) is 10.9 Å². The van der Waals surface area contributed by atoms with Crippen LogP contribution in [0.15, 0.2) is 30.3 Å². The van der Waals surface area contributed by atoms with E-state index in [0.29, 0.717) is 0 Å². The van der Waals surface area contributed by atoms with Crippen molar-refractivity contribution in [2.75, 3.05) is 0 Å². The van der Waals surface area contributed by atoms with Crippen molar-refractivity contribution < 1.29 is 0 Å². The Labute approximate surface area is 123 Å². The van der Waals surface area contributed by atoms with Gasteiger partial charge in [-0.3, -0.25) is 4.98 Å². The zero-order valence-corrected chi connectivity index (χ0v) is 13.0. The van der Waals surface area contributed by atoms with Gasteiger partial charge in [0.2, 0.25) is 0 Å². The number of nitrogens with zero attached hydrogens (tertiary/aromatic N) is 1. The fraction of sp³-hybridized carbons (Fsp3) is 0.526. The number of aryl methyl sites for hydroxylation is 2. The van der Waals surface area contributed by atoms with E-state index in [1.54, 1.807) is 0 Å². The van der Waals surface area contributed by atoms with Gasteiger partial charge in [0.25, 0.3) is 0 Å². The normalized spacial score (nSPS) is 11.1. The first-order chi connectivity index (χ1) is 9.85. The highest BCUT2D eigenvalue weighted by molar-refractivity contribution is 5.81. The summed E-state index contributed by atoms with van der Waals surface area (Å²) in [5, 5.41) is 1.29. The topological polar surface area (TPSA) is 12.9 Å². The number of hydrogen-bond acceptors (Lipinski definition) is 1. The maximum atomic E-state index is 4.93. The van der Waals surface area contributed by atoms with E-state index in [1.807, 2.05) is 0 Å². The van der Waals surface area contributed by atoms with E-state index < -0.39 is 0 Å². The summed E-state index contributed by atoms with van der Waals surface area (Å²) in [7, 11) is 0. The van der Waals surface area contributed by atoms with E-state index >= 15 is 0 Å². The summed E-state index contributed by atoms with van der Waals surface area (Å²) in [5.74, 6) is 0. The molecule has 0 saturated heterocycles. The third kappa shape index (κ3) is 4.06. The summed E-state index contributed by atoms with van der Waals surface area (Å²) in [6, 6.07) is 11.0. The average molecular weight is 269 g/mol. The van der Waals surface area contributed by atoms with Gasteiger partial charge in [0.15, 0.2) is 0 Å². The molecule has 1 heterocycles. The van der Waals surface area contributed by atoms with Crippen molar-refractivity contribution >= 4 is 10.9 Å². The van der Waals surface area contributed by atoms with Gasteiger partial charge in [0.05, 0.1) is 5.52 Å². The Morgan fingerprint density at radius 2 is 1.55 bits per heavy atom. The Balaban J connectivity index is 2.17. The molecule has 1 heteroatoms. The van der Waals surface area contributed by atoms with Gasteiger partial charge < -0.3 is 0 Å². The van der Waals surface area contributed by atoms with Gasteiger partial charge in [0.1, 0.15) is 0 Å². The first-order valence-electron chi connectivity index (χ1n) is 8.22. The molecular weight excluding hydrogens is 242 g/mol. The molecule has 0 saturated carbocycles. The molecule has 0 atom stereocenters. The molecule has 0 amide bonds. The molecule has 0 fully saturated rings. The van der Waals surface area contributed by atoms with Crippen molar-refractivity contribution in [3.63, 3.8) is 0 Å². The third-order valence-corrected chi connectivity index (χ3v) is 3.95. The lowest BCUT2D eigenvalue weighted by molar-refractivity contribution is 0.707. The summed E-state index contributed by atoms with van der Waals surface area (Å²) in [4.78, 5) is 4.93. The molecule has 1 nitrogen and oxygen atoms in total. The summed E-state index contributed by atoms with van der Waals surface area (Å²) < 4.78 is 0. The minimum absolute atomic E-state index is 1.12. The van der Waals surface area contributed by atoms with Crippen LogP contribution in [-0.2, 0) is 12.8 Å². The Kier molecular flexibility index (Phi) is 6.04. The number of unbranched alkanes of at least 4 members (excludes halogenated alkanes) is 4. The molecule has 1 aromatic heterocycles. The molecule has 0 radical (unpaired) electrons. The minimum Gasteiger partial charge on any atom is -0.253 e. The van der Waals surface area contributed by atoms with E-state index in [0.717, 1.165) is 12.8 Å². The van der Waals surface area contributed by atoms with Crippen LogP contribution < -0.4 is 0 Å². The second-order valence-electron chi connectivity index (χ2n) is 5.71. The highest BCUT2D eigenvalue weighted by Crippen LogP contribution is 2.20. The van der Waals surface area contributed by atoms with E-state index in [-0.39, 0.29) is 0 Å². The van der Waals surface area contributed by atoms with E-state index in [9.17, 15) is 0 Å². The summed E-state index contributed by atoms with van der Waals surface area (Å²) in [5.41, 5.74) is 3.92. The number of rotatable bonds is 8. The van der Waals surface area contributed by atoms with Gasteiger partial charge in [-0.05, 0) is 37.3 Å². The monoisotopic (exact) mass is 269 g/mol. The van der Waals surface area contributed by atoms with Crippen LogP contribution in [0.2, 0.25) is 0 Å². The predicted molar refractivity (Wildman–Crippen MR) is 88.2 cm³/mol. The third-order valence-electron chi connectivity index (χ3n) is 3.95. The Morgan fingerprint density at radius 1 is 0.800 bits per heavy atom. The number of fused-ring (bicyclic) bond motifs is 1. The Bertz CT molecular complexity index is 530. The van der Waals surface area contributed by atoms with Crippen molar-refractivity contribution in [1.82, 2.24) is 4.98 Å². The molecule has 0 N–H and O–H groups in total. The maximum absolute atomic E-state index is 4.93. The number of pyridine rings is 1. The molecule has 0 spiro atoms. The molecule has 2 aromatic rings. The van der Waals surface area contributed by atoms with Gasteiger partial charge >= 0.3 is 0 Å². The van der Waals surface area contributed by atoms with Gasteiger partial charge in [-0.25, -0.2) is 0 Å². The zero-order chi connectivity index (χ0) is 14.2. The molecule has 0 aliphatic carbocycles.